The van der Waals surface area contributed by atoms with Crippen molar-refractivity contribution < 1.29 is 14.4 Å². The number of nitrogens with zero attached hydrogens (tertiary/aromatic N) is 5. The predicted molar refractivity (Wildman–Crippen MR) is 111 cm³/mol. The van der Waals surface area contributed by atoms with E-state index in [1.807, 2.05) is 4.90 Å². The summed E-state index contributed by atoms with van der Waals surface area (Å²) < 4.78 is 1.39. The number of barbiturate groups is 1. The third kappa shape index (κ3) is 3.16. The Morgan fingerprint density at radius 1 is 1.00 bits per heavy atom. The van der Waals surface area contributed by atoms with Crippen LogP contribution < -0.4 is 10.5 Å². The Balaban J connectivity index is 1.92. The summed E-state index contributed by atoms with van der Waals surface area (Å²) in [5, 5.41) is 0. The highest BCUT2D eigenvalue weighted by molar-refractivity contribution is 6.30. The number of anilines is 1. The van der Waals surface area contributed by atoms with E-state index < -0.39 is 17.8 Å². The zero-order valence-corrected chi connectivity index (χ0v) is 17.2. The van der Waals surface area contributed by atoms with Gasteiger partial charge in [0.1, 0.15) is 17.0 Å². The molecule has 4 rings (SSSR count). The summed E-state index contributed by atoms with van der Waals surface area (Å²) in [6.07, 6.45) is 4.81. The molecule has 9 heteroatoms. The number of hydrogen-bond acceptors (Lipinski definition) is 6. The van der Waals surface area contributed by atoms with Crippen LogP contribution in [0.4, 0.5) is 10.6 Å². The van der Waals surface area contributed by atoms with Crippen LogP contribution in [-0.2, 0) is 9.59 Å². The summed E-state index contributed by atoms with van der Waals surface area (Å²) in [4.78, 5) is 59.1. The number of aromatic nitrogens is 2. The zero-order valence-electron chi connectivity index (χ0n) is 17.2. The fourth-order valence-electron chi connectivity index (χ4n) is 3.80. The monoisotopic (exact) mass is 409 g/mol. The van der Waals surface area contributed by atoms with Gasteiger partial charge in [-0.1, -0.05) is 13.0 Å². The molecule has 2 aliphatic heterocycles. The van der Waals surface area contributed by atoms with Crippen LogP contribution in [0.5, 0.6) is 0 Å². The number of imide groups is 2. The summed E-state index contributed by atoms with van der Waals surface area (Å²) in [5.74, 6) is -0.439. The molecule has 0 radical (unpaired) electrons. The van der Waals surface area contributed by atoms with Crippen molar-refractivity contribution in [2.75, 3.05) is 32.1 Å². The summed E-state index contributed by atoms with van der Waals surface area (Å²) in [6.45, 7) is 3.64. The van der Waals surface area contributed by atoms with Crippen LogP contribution in [0.1, 0.15) is 25.3 Å². The molecule has 0 unspecified atom stereocenters. The first-order valence-electron chi connectivity index (χ1n) is 9.87. The zero-order chi connectivity index (χ0) is 21.6. The Hall–Kier alpha value is -3.49. The molecule has 0 bridgehead atoms. The molecule has 0 aromatic carbocycles. The van der Waals surface area contributed by atoms with E-state index >= 15 is 0 Å². The smallest absolute Gasteiger partial charge is 0.333 e. The molecule has 9 nitrogen and oxygen atoms in total. The Morgan fingerprint density at radius 2 is 1.63 bits per heavy atom. The van der Waals surface area contributed by atoms with Crippen LogP contribution in [0.3, 0.4) is 0 Å². The van der Waals surface area contributed by atoms with Crippen molar-refractivity contribution >= 4 is 35.4 Å². The molecule has 2 fully saturated rings. The molecular weight excluding hydrogens is 386 g/mol. The fraction of sp³-hybridized carbons (Fsp3) is 0.381. The Labute approximate surface area is 173 Å². The van der Waals surface area contributed by atoms with E-state index in [2.05, 4.69) is 11.9 Å². The highest BCUT2D eigenvalue weighted by Crippen LogP contribution is 2.26. The standard InChI is InChI=1S/C21H23N5O4/c1-13-7-10-25(11-8-13)17-14(20(29)26-9-5-4-6-16(26)22-17)12-15-18(27)23(2)21(30)24(3)19(15)28/h4-6,9,12-13H,7-8,10-11H2,1-3H3. The van der Waals surface area contributed by atoms with Gasteiger partial charge in [0.05, 0.1) is 5.56 Å². The second-order valence-corrected chi connectivity index (χ2v) is 7.82. The third-order valence-electron chi connectivity index (χ3n) is 5.76. The van der Waals surface area contributed by atoms with Gasteiger partial charge in [0.25, 0.3) is 17.4 Å². The van der Waals surface area contributed by atoms with Crippen molar-refractivity contribution in [2.45, 2.75) is 19.8 Å². The number of pyridine rings is 1. The van der Waals surface area contributed by atoms with Crippen molar-refractivity contribution in [2.24, 2.45) is 5.92 Å². The molecule has 156 valence electrons. The van der Waals surface area contributed by atoms with E-state index in [4.69, 9.17) is 0 Å². The van der Waals surface area contributed by atoms with Crippen LogP contribution in [0, 0.1) is 5.92 Å². The molecule has 0 N–H and O–H groups in total. The normalized spacial score (nSPS) is 18.6. The second-order valence-electron chi connectivity index (χ2n) is 7.82. The minimum absolute atomic E-state index is 0.168. The number of fused-ring (bicyclic) bond motifs is 1. The second kappa shape index (κ2) is 7.40. The number of amides is 4. The Kier molecular flexibility index (Phi) is 4.89. The molecule has 0 atom stereocenters. The SMILES string of the molecule is CC1CCN(c2nc3ccccn3c(=O)c2C=C2C(=O)N(C)C(=O)N(C)C2=O)CC1. The molecule has 4 heterocycles. The van der Waals surface area contributed by atoms with E-state index in [0.29, 0.717) is 17.4 Å². The molecule has 0 aliphatic carbocycles. The number of piperidine rings is 1. The number of carbonyl (C=O) groups is 3. The lowest BCUT2D eigenvalue weighted by Gasteiger charge is -2.32. The highest BCUT2D eigenvalue weighted by Gasteiger charge is 2.38. The van der Waals surface area contributed by atoms with Crippen LogP contribution in [-0.4, -0.2) is 64.2 Å². The first-order valence-corrected chi connectivity index (χ1v) is 9.87. The molecule has 0 saturated carbocycles. The summed E-state index contributed by atoms with van der Waals surface area (Å²) in [6, 6.07) is 4.55. The molecule has 30 heavy (non-hydrogen) atoms. The van der Waals surface area contributed by atoms with Gasteiger partial charge in [-0.05, 0) is 37.0 Å². The number of urea groups is 1. The average Bonchev–Trinajstić information content (AvgIpc) is 2.75. The average molecular weight is 409 g/mol. The largest absolute Gasteiger partial charge is 0.356 e. The van der Waals surface area contributed by atoms with Crippen LogP contribution in [0.15, 0.2) is 34.8 Å². The molecule has 2 saturated heterocycles. The molecular formula is C21H23N5O4. The van der Waals surface area contributed by atoms with E-state index in [1.54, 1.807) is 24.4 Å². The number of carbonyl (C=O) groups excluding carboxylic acids is 3. The lowest BCUT2D eigenvalue weighted by Crippen LogP contribution is -2.53. The lowest BCUT2D eigenvalue weighted by atomic mass is 9.98. The van der Waals surface area contributed by atoms with E-state index in [-0.39, 0.29) is 16.7 Å². The molecule has 2 aromatic rings. The van der Waals surface area contributed by atoms with Gasteiger partial charge in [-0.25, -0.2) is 9.78 Å². The van der Waals surface area contributed by atoms with Crippen molar-refractivity contribution in [1.29, 1.82) is 0 Å². The molecule has 2 aliphatic rings. The summed E-state index contributed by atoms with van der Waals surface area (Å²) in [5.41, 5.74) is 0.0515. The van der Waals surface area contributed by atoms with Crippen molar-refractivity contribution in [3.05, 3.63) is 45.9 Å². The van der Waals surface area contributed by atoms with Gasteiger partial charge in [0, 0.05) is 33.4 Å². The number of hydrogen-bond donors (Lipinski definition) is 0. The first-order chi connectivity index (χ1) is 14.3. The number of likely N-dealkylation sites (N-methyl/N-ethyl adjacent to an activating group) is 2. The van der Waals surface area contributed by atoms with Crippen molar-refractivity contribution in [3.8, 4) is 0 Å². The predicted octanol–water partition coefficient (Wildman–Crippen LogP) is 1.36. The Morgan fingerprint density at radius 3 is 2.27 bits per heavy atom. The maximum atomic E-state index is 13.3. The van der Waals surface area contributed by atoms with Gasteiger partial charge in [-0.3, -0.25) is 28.6 Å². The van der Waals surface area contributed by atoms with Gasteiger partial charge in [-0.2, -0.15) is 0 Å². The molecule has 2 aromatic heterocycles. The maximum absolute atomic E-state index is 13.3. The molecule has 4 amide bonds. The van der Waals surface area contributed by atoms with Crippen molar-refractivity contribution in [1.82, 2.24) is 19.2 Å². The third-order valence-corrected chi connectivity index (χ3v) is 5.76. The van der Waals surface area contributed by atoms with Gasteiger partial charge in [0.2, 0.25) is 0 Å². The topological polar surface area (TPSA) is 95.3 Å². The minimum Gasteiger partial charge on any atom is -0.356 e. The van der Waals surface area contributed by atoms with Gasteiger partial charge >= 0.3 is 6.03 Å². The van der Waals surface area contributed by atoms with Gasteiger partial charge in [-0.15, -0.1) is 0 Å². The first kappa shape index (κ1) is 19.8. The maximum Gasteiger partial charge on any atom is 0.333 e. The number of rotatable bonds is 2. The van der Waals surface area contributed by atoms with Crippen LogP contribution in [0.2, 0.25) is 0 Å². The summed E-state index contributed by atoms with van der Waals surface area (Å²) in [7, 11) is 2.61. The van der Waals surface area contributed by atoms with Gasteiger partial charge in [0.15, 0.2) is 0 Å². The van der Waals surface area contributed by atoms with Crippen LogP contribution >= 0.6 is 0 Å². The van der Waals surface area contributed by atoms with E-state index in [0.717, 1.165) is 35.7 Å². The van der Waals surface area contributed by atoms with Crippen LogP contribution in [0.25, 0.3) is 11.7 Å². The summed E-state index contributed by atoms with van der Waals surface area (Å²) >= 11 is 0. The Bertz CT molecular complexity index is 1120. The molecule has 0 spiro atoms. The fourth-order valence-corrected chi connectivity index (χ4v) is 3.80. The highest BCUT2D eigenvalue weighted by atomic mass is 16.2. The quantitative estimate of drug-likeness (QED) is 0.549. The van der Waals surface area contributed by atoms with Crippen molar-refractivity contribution in [3.63, 3.8) is 0 Å². The lowest BCUT2D eigenvalue weighted by molar-refractivity contribution is -0.134. The minimum atomic E-state index is -0.737. The van der Waals surface area contributed by atoms with E-state index in [1.165, 1.54) is 24.6 Å². The van der Waals surface area contributed by atoms with E-state index in [9.17, 15) is 19.2 Å². The van der Waals surface area contributed by atoms with Gasteiger partial charge < -0.3 is 4.90 Å².